The van der Waals surface area contributed by atoms with Gasteiger partial charge in [-0.05, 0) is 19.1 Å². The Bertz CT molecular complexity index is 400. The molecule has 0 aliphatic carbocycles. The Morgan fingerprint density at radius 2 is 2.18 bits per heavy atom. The lowest BCUT2D eigenvalue weighted by Crippen LogP contribution is -2.51. The lowest BCUT2D eigenvalue weighted by Gasteiger charge is -2.32. The molecule has 1 amide bonds. The molecule has 0 saturated carbocycles. The first-order chi connectivity index (χ1) is 7.68. The van der Waals surface area contributed by atoms with Gasteiger partial charge in [-0.25, -0.2) is 4.39 Å². The van der Waals surface area contributed by atoms with Crippen LogP contribution in [-0.4, -0.2) is 36.5 Å². The molecule has 5 heteroatoms. The minimum Gasteiger partial charge on any atom is -0.336 e. The summed E-state index contributed by atoms with van der Waals surface area (Å²) in [5.41, 5.74) is 0.164. The molecule has 1 N–H and O–H groups in total. The lowest BCUT2D eigenvalue weighted by molar-refractivity contribution is 0.0704. The van der Waals surface area contributed by atoms with E-state index < -0.39 is 5.82 Å². The number of nitrogens with one attached hydrogen (secondary N) is 1. The summed E-state index contributed by atoms with van der Waals surface area (Å²) in [5, 5.41) is 3.25. The molecule has 0 bridgehead atoms. The second-order valence-corrected chi connectivity index (χ2v) is 4.09. The first-order valence-corrected chi connectivity index (χ1v) is 5.45. The summed E-state index contributed by atoms with van der Waals surface area (Å²) < 4.78 is 13.4. The highest BCUT2D eigenvalue weighted by Crippen LogP contribution is 2.11. The predicted molar refractivity (Wildman–Crippen MR) is 67.0 cm³/mol. The van der Waals surface area contributed by atoms with Gasteiger partial charge in [0.05, 0.1) is 5.56 Å². The van der Waals surface area contributed by atoms with E-state index in [4.69, 9.17) is 0 Å². The van der Waals surface area contributed by atoms with E-state index in [0.717, 1.165) is 6.54 Å². The van der Waals surface area contributed by atoms with Crippen molar-refractivity contribution in [1.29, 1.82) is 0 Å². The van der Waals surface area contributed by atoms with E-state index in [-0.39, 0.29) is 29.9 Å². The van der Waals surface area contributed by atoms with Gasteiger partial charge in [0, 0.05) is 25.7 Å². The van der Waals surface area contributed by atoms with Crippen molar-refractivity contribution >= 4 is 18.3 Å². The molecule has 1 aromatic rings. The van der Waals surface area contributed by atoms with Gasteiger partial charge < -0.3 is 10.2 Å². The van der Waals surface area contributed by atoms with Crippen molar-refractivity contribution in [2.24, 2.45) is 0 Å². The van der Waals surface area contributed by atoms with Gasteiger partial charge >= 0.3 is 0 Å². The maximum Gasteiger partial charge on any atom is 0.256 e. The van der Waals surface area contributed by atoms with Crippen LogP contribution in [0, 0.1) is 5.82 Å². The van der Waals surface area contributed by atoms with Gasteiger partial charge in [-0.1, -0.05) is 12.1 Å². The number of carbonyl (C=O) groups excluding carboxylic acids is 1. The largest absolute Gasteiger partial charge is 0.336 e. The summed E-state index contributed by atoms with van der Waals surface area (Å²) in [5.74, 6) is -0.662. The summed E-state index contributed by atoms with van der Waals surface area (Å²) in [4.78, 5) is 13.7. The fraction of sp³-hybridized carbons (Fsp3) is 0.417. The predicted octanol–water partition coefficient (Wildman–Crippen LogP) is 1.68. The quantitative estimate of drug-likeness (QED) is 0.831. The van der Waals surface area contributed by atoms with Crippen LogP contribution in [0.4, 0.5) is 4.39 Å². The summed E-state index contributed by atoms with van der Waals surface area (Å²) >= 11 is 0. The lowest BCUT2D eigenvalue weighted by atomic mass is 10.1. The Labute approximate surface area is 106 Å². The van der Waals surface area contributed by atoms with E-state index in [1.165, 1.54) is 12.1 Å². The Kier molecular flexibility index (Phi) is 4.90. The third-order valence-electron chi connectivity index (χ3n) is 2.76. The number of amides is 1. The average molecular weight is 259 g/mol. The first kappa shape index (κ1) is 13.9. The SMILES string of the molecule is C[C@@H]1CN(C(=O)c2ccccc2F)CCN1.Cl. The highest BCUT2D eigenvalue weighted by Gasteiger charge is 2.23. The molecule has 0 unspecified atom stereocenters. The first-order valence-electron chi connectivity index (χ1n) is 5.45. The molecule has 1 heterocycles. The smallest absolute Gasteiger partial charge is 0.256 e. The molecule has 1 aliphatic heterocycles. The summed E-state index contributed by atoms with van der Waals surface area (Å²) in [7, 11) is 0. The standard InChI is InChI=1S/C12H15FN2O.ClH/c1-9-8-15(7-6-14-9)12(16)10-4-2-3-5-11(10)13;/h2-5,9,14H,6-8H2,1H3;1H/t9-;/m1./s1. The van der Waals surface area contributed by atoms with Crippen molar-refractivity contribution in [3.05, 3.63) is 35.6 Å². The number of nitrogens with zero attached hydrogens (tertiary/aromatic N) is 1. The third kappa shape index (κ3) is 3.17. The molecule has 1 aliphatic rings. The highest BCUT2D eigenvalue weighted by atomic mass is 35.5. The summed E-state index contributed by atoms with van der Waals surface area (Å²) in [6.07, 6.45) is 0. The van der Waals surface area contributed by atoms with Crippen LogP contribution < -0.4 is 5.32 Å². The van der Waals surface area contributed by atoms with Crippen molar-refractivity contribution in [2.45, 2.75) is 13.0 Å². The Balaban J connectivity index is 0.00000144. The van der Waals surface area contributed by atoms with Crippen LogP contribution in [0.25, 0.3) is 0 Å². The topological polar surface area (TPSA) is 32.3 Å². The second-order valence-electron chi connectivity index (χ2n) is 4.09. The van der Waals surface area contributed by atoms with E-state index in [9.17, 15) is 9.18 Å². The molecule has 1 atom stereocenters. The van der Waals surface area contributed by atoms with Gasteiger partial charge in [0.1, 0.15) is 5.82 Å². The average Bonchev–Trinajstić information content (AvgIpc) is 2.29. The van der Waals surface area contributed by atoms with Crippen molar-refractivity contribution in [1.82, 2.24) is 10.2 Å². The van der Waals surface area contributed by atoms with E-state index in [2.05, 4.69) is 5.32 Å². The van der Waals surface area contributed by atoms with Crippen molar-refractivity contribution in [3.8, 4) is 0 Å². The van der Waals surface area contributed by atoms with Gasteiger partial charge in [0.15, 0.2) is 0 Å². The zero-order valence-corrected chi connectivity index (χ0v) is 10.5. The molecule has 94 valence electrons. The van der Waals surface area contributed by atoms with Crippen molar-refractivity contribution in [2.75, 3.05) is 19.6 Å². The molecular formula is C12H16ClFN2O. The highest BCUT2D eigenvalue weighted by molar-refractivity contribution is 5.94. The van der Waals surface area contributed by atoms with Crippen LogP contribution in [0.1, 0.15) is 17.3 Å². The molecule has 0 aromatic heterocycles. The van der Waals surface area contributed by atoms with Crippen LogP contribution in [0.2, 0.25) is 0 Å². The van der Waals surface area contributed by atoms with Gasteiger partial charge in [-0.15, -0.1) is 12.4 Å². The number of carbonyl (C=O) groups is 1. The van der Waals surface area contributed by atoms with E-state index in [1.807, 2.05) is 6.92 Å². The molecule has 0 radical (unpaired) electrons. The van der Waals surface area contributed by atoms with Crippen molar-refractivity contribution in [3.63, 3.8) is 0 Å². The zero-order valence-electron chi connectivity index (χ0n) is 9.65. The van der Waals surface area contributed by atoms with Gasteiger partial charge in [-0.2, -0.15) is 0 Å². The molecule has 0 spiro atoms. The van der Waals surface area contributed by atoms with Crippen LogP contribution >= 0.6 is 12.4 Å². The number of rotatable bonds is 1. The van der Waals surface area contributed by atoms with E-state index in [0.29, 0.717) is 13.1 Å². The molecular weight excluding hydrogens is 243 g/mol. The maximum atomic E-state index is 13.4. The Hall–Kier alpha value is -1.13. The number of halogens is 2. The molecule has 1 aromatic carbocycles. The van der Waals surface area contributed by atoms with Gasteiger partial charge in [-0.3, -0.25) is 4.79 Å². The van der Waals surface area contributed by atoms with Crippen LogP contribution in [0.5, 0.6) is 0 Å². The zero-order chi connectivity index (χ0) is 11.5. The molecule has 2 rings (SSSR count). The fourth-order valence-corrected chi connectivity index (χ4v) is 1.92. The van der Waals surface area contributed by atoms with Crippen LogP contribution in [0.3, 0.4) is 0 Å². The minimum absolute atomic E-state index is 0. The minimum atomic E-state index is -0.446. The van der Waals surface area contributed by atoms with Crippen LogP contribution in [0.15, 0.2) is 24.3 Å². The van der Waals surface area contributed by atoms with E-state index >= 15 is 0 Å². The number of benzene rings is 1. The Morgan fingerprint density at radius 1 is 1.47 bits per heavy atom. The number of hydrogen-bond acceptors (Lipinski definition) is 2. The maximum absolute atomic E-state index is 13.4. The molecule has 17 heavy (non-hydrogen) atoms. The number of piperazine rings is 1. The van der Waals surface area contributed by atoms with E-state index in [1.54, 1.807) is 17.0 Å². The molecule has 3 nitrogen and oxygen atoms in total. The van der Waals surface area contributed by atoms with Gasteiger partial charge in [0.25, 0.3) is 5.91 Å². The van der Waals surface area contributed by atoms with Gasteiger partial charge in [0.2, 0.25) is 0 Å². The fourth-order valence-electron chi connectivity index (χ4n) is 1.92. The summed E-state index contributed by atoms with van der Waals surface area (Å²) in [6, 6.07) is 6.39. The number of hydrogen-bond donors (Lipinski definition) is 1. The monoisotopic (exact) mass is 258 g/mol. The van der Waals surface area contributed by atoms with Crippen molar-refractivity contribution < 1.29 is 9.18 Å². The molecule has 1 fully saturated rings. The Morgan fingerprint density at radius 3 is 2.82 bits per heavy atom. The summed E-state index contributed by atoms with van der Waals surface area (Å²) in [6.45, 7) is 4.05. The third-order valence-corrected chi connectivity index (χ3v) is 2.76. The normalized spacial score (nSPS) is 19.6. The van der Waals surface area contributed by atoms with Crippen LogP contribution in [-0.2, 0) is 0 Å². The molecule has 1 saturated heterocycles. The second kappa shape index (κ2) is 5.98.